The zero-order valence-corrected chi connectivity index (χ0v) is 4.47. The third-order valence-electron chi connectivity index (χ3n) is 0. The van der Waals surface area contributed by atoms with Crippen molar-refractivity contribution in [2.45, 2.75) is 0 Å². The average molecular weight is 153 g/mol. The van der Waals surface area contributed by atoms with Crippen LogP contribution in [0.15, 0.2) is 0 Å². The largest absolute Gasteiger partial charge is 0.503 e. The predicted octanol–water partition coefficient (Wildman–Crippen LogP) is -0.443. The van der Waals surface area contributed by atoms with Crippen molar-refractivity contribution < 1.29 is 37.6 Å². The van der Waals surface area contributed by atoms with Gasteiger partial charge in [-0.25, -0.2) is 4.79 Å². The molecule has 0 radical (unpaired) electrons. The zero-order valence-electron chi connectivity index (χ0n) is 3.36. The van der Waals surface area contributed by atoms with Crippen LogP contribution in [0.4, 0.5) is 4.79 Å². The van der Waals surface area contributed by atoms with E-state index in [-0.39, 0.29) is 28.7 Å². The van der Waals surface area contributed by atoms with Crippen LogP contribution in [0.3, 0.4) is 0 Å². The fourth-order valence-corrected chi connectivity index (χ4v) is 0. The van der Waals surface area contributed by atoms with Crippen molar-refractivity contribution in [2.75, 3.05) is 0 Å². The maximum absolute atomic E-state index is 8.56. The van der Waals surface area contributed by atoms with E-state index in [0.29, 0.717) is 0 Å². The Morgan fingerprint density at radius 2 is 1.29 bits per heavy atom. The van der Waals surface area contributed by atoms with Crippen LogP contribution in [-0.2, 0) is 17.1 Å². The van der Waals surface area contributed by atoms with Gasteiger partial charge in [-0.2, -0.15) is 0 Å². The van der Waals surface area contributed by atoms with Gasteiger partial charge < -0.3 is 21.8 Å². The Morgan fingerprint density at radius 1 is 1.29 bits per heavy atom. The molecule has 5 nitrogen and oxygen atoms in total. The zero-order chi connectivity index (χ0) is 3.58. The first-order valence-corrected chi connectivity index (χ1v) is 0.651. The summed E-state index contributed by atoms with van der Waals surface area (Å²) in [4.78, 5) is 8.56. The summed E-state index contributed by atoms with van der Waals surface area (Å²) in [7, 11) is 0. The maximum Gasteiger partial charge on any atom is 0.503 e. The van der Waals surface area contributed by atoms with E-state index in [9.17, 15) is 0 Å². The molecule has 0 bridgehead atoms. The molecule has 0 aromatic rings. The summed E-state index contributed by atoms with van der Waals surface area (Å²) >= 11 is 0. The Hall–Kier alpha value is -0.291. The molecule has 0 amide bonds. The Morgan fingerprint density at radius 3 is 1.29 bits per heavy atom. The van der Waals surface area contributed by atoms with E-state index < -0.39 is 6.16 Å². The van der Waals surface area contributed by atoms with Crippen molar-refractivity contribution in [2.24, 2.45) is 0 Å². The van der Waals surface area contributed by atoms with Gasteiger partial charge in [-0.1, -0.05) is 0 Å². The minimum absolute atomic E-state index is 0. The molecule has 48 valence electrons. The van der Waals surface area contributed by atoms with Gasteiger partial charge in [-0.05, 0) is 0 Å². The average Bonchev–Trinajstić information content (AvgIpc) is 0.811. The minimum Gasteiger partial charge on any atom is -0.450 e. The second-order valence-electron chi connectivity index (χ2n) is 0.283. The fourth-order valence-electron chi connectivity index (χ4n) is 0. The third kappa shape index (κ3) is 931. The Kier molecular flexibility index (Phi) is 73.4. The molecule has 0 rings (SSSR count). The van der Waals surface area contributed by atoms with Gasteiger partial charge in [0, 0.05) is 17.1 Å². The van der Waals surface area contributed by atoms with Gasteiger partial charge in [0.2, 0.25) is 0 Å². The number of rotatable bonds is 0. The van der Waals surface area contributed by atoms with Crippen LogP contribution in [-0.4, -0.2) is 21.8 Å². The number of carboxylic acid groups (broad SMARTS) is 2. The maximum atomic E-state index is 8.56. The van der Waals surface area contributed by atoms with Gasteiger partial charge in [0.25, 0.3) is 0 Å². The van der Waals surface area contributed by atoms with Gasteiger partial charge in [0.15, 0.2) is 0 Å². The van der Waals surface area contributed by atoms with E-state index >= 15 is 0 Å². The third-order valence-corrected chi connectivity index (χ3v) is 0. The molecule has 0 aliphatic heterocycles. The molecule has 7 N–H and O–H groups in total. The molecule has 0 aliphatic carbocycles. The number of carbonyl (C=O) groups is 1. The molecule has 0 atom stereocenters. The molecular weight excluding hydrogens is 146 g/mol. The topological polar surface area (TPSA) is 124 Å². The smallest absolute Gasteiger partial charge is 0.450 e. The molecule has 6 heteroatoms. The quantitative estimate of drug-likeness (QED) is 0.407. The Balaban J connectivity index is -0.0000000150. The molecule has 0 aromatic heterocycles. The standard InChI is InChI=1S/CH2O3.Fe.H3N.H2O/c2-1(3)4;;;/h(H2,2,3,4);;1H3;1H2. The number of hydrogen-bond donors (Lipinski definition) is 3. The van der Waals surface area contributed by atoms with Crippen LogP contribution in [0.1, 0.15) is 0 Å². The summed E-state index contributed by atoms with van der Waals surface area (Å²) in [5.74, 6) is 0. The SMILES string of the molecule is N.O.O=C(O)O.[Fe]. The second kappa shape index (κ2) is 17.2. The monoisotopic (exact) mass is 153 g/mol. The van der Waals surface area contributed by atoms with Crippen LogP contribution in [0.25, 0.3) is 0 Å². The van der Waals surface area contributed by atoms with Crippen LogP contribution in [0, 0.1) is 0 Å². The van der Waals surface area contributed by atoms with E-state index in [2.05, 4.69) is 0 Å². The molecule has 0 spiro atoms. The van der Waals surface area contributed by atoms with Gasteiger partial charge in [-0.15, -0.1) is 0 Å². The van der Waals surface area contributed by atoms with Gasteiger partial charge >= 0.3 is 6.16 Å². The van der Waals surface area contributed by atoms with Crippen molar-refractivity contribution >= 4 is 6.16 Å². The first-order chi connectivity index (χ1) is 1.73. The summed E-state index contributed by atoms with van der Waals surface area (Å²) in [6, 6.07) is 0. The van der Waals surface area contributed by atoms with Crippen LogP contribution < -0.4 is 6.15 Å². The molecule has 0 unspecified atom stereocenters. The molecule has 0 heterocycles. The minimum atomic E-state index is -1.83. The fraction of sp³-hybridized carbons (Fsp3) is 0. The van der Waals surface area contributed by atoms with Gasteiger partial charge in [0.05, 0.1) is 0 Å². The Labute approximate surface area is 50.7 Å². The van der Waals surface area contributed by atoms with E-state index in [0.717, 1.165) is 0 Å². The summed E-state index contributed by atoms with van der Waals surface area (Å²) in [6.07, 6.45) is -1.83. The summed E-state index contributed by atoms with van der Waals surface area (Å²) in [5, 5.41) is 13.9. The number of hydrogen-bond acceptors (Lipinski definition) is 2. The molecule has 0 aliphatic rings. The van der Waals surface area contributed by atoms with E-state index in [1.54, 1.807) is 0 Å². The van der Waals surface area contributed by atoms with Crippen LogP contribution in [0.5, 0.6) is 0 Å². The molecule has 0 saturated heterocycles. The van der Waals surface area contributed by atoms with Gasteiger partial charge in [-0.3, -0.25) is 0 Å². The van der Waals surface area contributed by atoms with Crippen molar-refractivity contribution in [1.29, 1.82) is 0 Å². The molecule has 7 heavy (non-hydrogen) atoms. The van der Waals surface area contributed by atoms with Gasteiger partial charge in [0.1, 0.15) is 0 Å². The van der Waals surface area contributed by atoms with Crippen molar-refractivity contribution in [3.8, 4) is 0 Å². The predicted molar refractivity (Wildman–Crippen MR) is 19.3 cm³/mol. The van der Waals surface area contributed by atoms with Crippen molar-refractivity contribution in [3.05, 3.63) is 0 Å². The van der Waals surface area contributed by atoms with Crippen LogP contribution >= 0.6 is 0 Å². The first-order valence-electron chi connectivity index (χ1n) is 0.651. The molecular formula is CH7FeNO4. The van der Waals surface area contributed by atoms with E-state index in [4.69, 9.17) is 15.0 Å². The van der Waals surface area contributed by atoms with Crippen molar-refractivity contribution in [3.63, 3.8) is 0 Å². The molecule has 0 fully saturated rings. The van der Waals surface area contributed by atoms with Crippen LogP contribution in [0.2, 0.25) is 0 Å². The van der Waals surface area contributed by atoms with E-state index in [1.807, 2.05) is 0 Å². The molecule has 0 saturated carbocycles. The summed E-state index contributed by atoms with van der Waals surface area (Å²) in [6.45, 7) is 0. The summed E-state index contributed by atoms with van der Waals surface area (Å²) < 4.78 is 0. The molecule has 0 aromatic carbocycles. The van der Waals surface area contributed by atoms with Crippen molar-refractivity contribution in [1.82, 2.24) is 6.15 Å². The van der Waals surface area contributed by atoms with E-state index in [1.165, 1.54) is 0 Å². The summed E-state index contributed by atoms with van der Waals surface area (Å²) in [5.41, 5.74) is 0. The normalized spacial score (nSPS) is 3.43. The second-order valence-corrected chi connectivity index (χ2v) is 0.283. The first kappa shape index (κ1) is 29.8. The Bertz CT molecular complexity index is 34.7.